The van der Waals surface area contributed by atoms with Gasteiger partial charge in [0.15, 0.2) is 0 Å². The van der Waals surface area contributed by atoms with Crippen molar-refractivity contribution in [2.45, 2.75) is 110 Å². The molecule has 0 aromatic carbocycles. The monoisotopic (exact) mass is 560 g/mol. The van der Waals surface area contributed by atoms with Gasteiger partial charge in [0.05, 0.1) is 7.11 Å². The molecule has 220 valence electrons. The van der Waals surface area contributed by atoms with E-state index in [-0.39, 0.29) is 12.4 Å². The summed E-state index contributed by atoms with van der Waals surface area (Å²) in [5.74, 6) is -2.35. The number of ether oxygens (including phenoxy) is 5. The van der Waals surface area contributed by atoms with Crippen LogP contribution in [0.15, 0.2) is 11.6 Å². The maximum absolute atomic E-state index is 14.3. The van der Waals surface area contributed by atoms with Crippen LogP contribution < -0.4 is 0 Å². The third kappa shape index (κ3) is 2.41. The molecule has 4 bridgehead atoms. The number of hydrogen-bond donors (Lipinski definition) is 1. The van der Waals surface area contributed by atoms with Gasteiger partial charge in [-0.1, -0.05) is 39.3 Å². The van der Waals surface area contributed by atoms with Gasteiger partial charge < -0.3 is 28.8 Å². The lowest BCUT2D eigenvalue weighted by molar-refractivity contribution is -0.258. The third-order valence-electron chi connectivity index (χ3n) is 12.4. The Labute approximate surface area is 234 Å². The second-order valence-corrected chi connectivity index (χ2v) is 14.2. The molecule has 2 aliphatic heterocycles. The summed E-state index contributed by atoms with van der Waals surface area (Å²) in [6.45, 7) is 13.8. The first kappa shape index (κ1) is 27.7. The van der Waals surface area contributed by atoms with Crippen LogP contribution in [0.5, 0.6) is 0 Å². The van der Waals surface area contributed by atoms with E-state index in [9.17, 15) is 24.3 Å². The van der Waals surface area contributed by atoms with Crippen molar-refractivity contribution in [2.75, 3.05) is 7.11 Å². The Morgan fingerprint density at radius 3 is 2.25 bits per heavy atom. The standard InChI is InChI=1S/C30H40O10/c1-14-12-29-25(6,13-17-19-24(4,5)18(37-15(2)31)10-11-28(19,29)22(33)39-17)30(23(34)36-9)21(40-29)27(8,35)20(26(14,30)7)38-16(3)32/h12,17-21,35H,10-11,13H2,1-9H3/t17-,18-,19?,20+,21+,25-,26-,27+,28+,29-,30+/m0/s1. The van der Waals surface area contributed by atoms with Crippen LogP contribution >= 0.6 is 0 Å². The van der Waals surface area contributed by atoms with Gasteiger partial charge in [0.2, 0.25) is 0 Å². The van der Waals surface area contributed by atoms with E-state index in [1.807, 2.05) is 40.7 Å². The molecule has 0 radical (unpaired) electrons. The molecule has 4 aliphatic carbocycles. The van der Waals surface area contributed by atoms with Crippen molar-refractivity contribution in [1.82, 2.24) is 0 Å². The summed E-state index contributed by atoms with van der Waals surface area (Å²) < 4.78 is 30.4. The molecule has 2 heterocycles. The predicted molar refractivity (Wildman–Crippen MR) is 137 cm³/mol. The number of aliphatic hydroxyl groups is 1. The summed E-state index contributed by atoms with van der Waals surface area (Å²) in [4.78, 5) is 53.0. The summed E-state index contributed by atoms with van der Waals surface area (Å²) in [5, 5.41) is 12.2. The van der Waals surface area contributed by atoms with Gasteiger partial charge in [-0.3, -0.25) is 19.2 Å². The second-order valence-electron chi connectivity index (χ2n) is 14.2. The van der Waals surface area contributed by atoms with Gasteiger partial charge in [-0.15, -0.1) is 0 Å². The average molecular weight is 561 g/mol. The molecule has 1 N–H and O–H groups in total. The number of carbonyl (C=O) groups is 4. The van der Waals surface area contributed by atoms with Gasteiger partial charge in [0.25, 0.3) is 0 Å². The molecular formula is C30H40O10. The fourth-order valence-electron chi connectivity index (χ4n) is 11.2. The summed E-state index contributed by atoms with van der Waals surface area (Å²) in [7, 11) is 1.31. The van der Waals surface area contributed by atoms with Crippen LogP contribution in [0, 0.1) is 33.0 Å². The highest BCUT2D eigenvalue weighted by Gasteiger charge is 2.97. The minimum absolute atomic E-state index is 0.245. The Hall–Kier alpha value is -2.46. The quantitative estimate of drug-likeness (QED) is 0.312. The lowest BCUT2D eigenvalue weighted by Crippen LogP contribution is -2.75. The van der Waals surface area contributed by atoms with E-state index in [0.29, 0.717) is 18.4 Å². The molecule has 11 atom stereocenters. The zero-order valence-electron chi connectivity index (χ0n) is 24.7. The van der Waals surface area contributed by atoms with Crippen molar-refractivity contribution in [2.24, 2.45) is 33.0 Å². The van der Waals surface area contributed by atoms with Crippen LogP contribution in [0.4, 0.5) is 0 Å². The normalized spacial score (nSPS) is 52.6. The molecule has 5 fully saturated rings. The van der Waals surface area contributed by atoms with Crippen molar-refractivity contribution < 1.29 is 48.0 Å². The Kier molecular flexibility index (Phi) is 5.18. The minimum Gasteiger partial charge on any atom is -0.468 e. The smallest absolute Gasteiger partial charge is 0.316 e. The van der Waals surface area contributed by atoms with Crippen molar-refractivity contribution in [3.05, 3.63) is 11.6 Å². The molecule has 6 rings (SSSR count). The summed E-state index contributed by atoms with van der Waals surface area (Å²) in [6, 6.07) is 0. The second kappa shape index (κ2) is 7.48. The topological polar surface area (TPSA) is 135 Å². The first-order chi connectivity index (χ1) is 18.4. The highest BCUT2D eigenvalue weighted by molar-refractivity contribution is 5.89. The van der Waals surface area contributed by atoms with E-state index < -0.39 is 86.5 Å². The van der Waals surface area contributed by atoms with E-state index in [0.717, 1.165) is 0 Å². The molecule has 40 heavy (non-hydrogen) atoms. The van der Waals surface area contributed by atoms with Gasteiger partial charge in [-0.25, -0.2) is 0 Å². The van der Waals surface area contributed by atoms with Crippen LogP contribution in [-0.2, 0) is 42.9 Å². The molecule has 0 aromatic heterocycles. The maximum Gasteiger partial charge on any atom is 0.316 e. The Balaban J connectivity index is 1.67. The highest BCUT2D eigenvalue weighted by Crippen LogP contribution is 2.86. The van der Waals surface area contributed by atoms with Gasteiger partial charge in [0, 0.05) is 36.0 Å². The van der Waals surface area contributed by atoms with Crippen LogP contribution in [0.25, 0.3) is 0 Å². The van der Waals surface area contributed by atoms with E-state index in [4.69, 9.17) is 23.7 Å². The van der Waals surface area contributed by atoms with Gasteiger partial charge >= 0.3 is 23.9 Å². The molecule has 10 nitrogen and oxygen atoms in total. The Morgan fingerprint density at radius 2 is 1.68 bits per heavy atom. The molecule has 2 saturated heterocycles. The predicted octanol–water partition coefficient (Wildman–Crippen LogP) is 2.64. The fourth-order valence-corrected chi connectivity index (χ4v) is 11.2. The number of methoxy groups -OCH3 is 1. The molecule has 6 aliphatic rings. The highest BCUT2D eigenvalue weighted by atomic mass is 16.6. The van der Waals surface area contributed by atoms with E-state index in [1.54, 1.807) is 0 Å². The van der Waals surface area contributed by atoms with Crippen molar-refractivity contribution >= 4 is 23.9 Å². The molecular weight excluding hydrogens is 520 g/mol. The number of esters is 4. The number of hydrogen-bond acceptors (Lipinski definition) is 10. The zero-order valence-corrected chi connectivity index (χ0v) is 24.7. The van der Waals surface area contributed by atoms with Crippen molar-refractivity contribution in [1.29, 1.82) is 0 Å². The first-order valence-electron chi connectivity index (χ1n) is 14.1. The molecule has 10 heteroatoms. The van der Waals surface area contributed by atoms with Gasteiger partial charge in [-0.05, 0) is 33.1 Å². The van der Waals surface area contributed by atoms with E-state index in [1.165, 1.54) is 27.9 Å². The summed E-state index contributed by atoms with van der Waals surface area (Å²) in [6.07, 6.45) is -0.399. The summed E-state index contributed by atoms with van der Waals surface area (Å²) in [5.41, 5.74) is -8.18. The van der Waals surface area contributed by atoms with Gasteiger partial charge in [0.1, 0.15) is 46.4 Å². The first-order valence-corrected chi connectivity index (χ1v) is 14.1. The van der Waals surface area contributed by atoms with Crippen LogP contribution in [-0.4, -0.2) is 71.7 Å². The SMILES string of the molecule is COC(=O)[C@@]12[C@@H]3O[C@@]4(C=C(C)[C@@]1(C)[C@@H](OC(C)=O)[C@@]3(C)O)[C@]2(C)C[C@@H]1OC(=O)[C@]42CC[C@H](OC(C)=O)C(C)(C)C12. The molecule has 1 unspecified atom stereocenters. The van der Waals surface area contributed by atoms with E-state index >= 15 is 0 Å². The molecule has 3 saturated carbocycles. The number of rotatable bonds is 3. The average Bonchev–Trinajstić information content (AvgIpc) is 3.26. The third-order valence-corrected chi connectivity index (χ3v) is 12.4. The largest absolute Gasteiger partial charge is 0.468 e. The fraction of sp³-hybridized carbons (Fsp3) is 0.800. The van der Waals surface area contributed by atoms with Crippen LogP contribution in [0.1, 0.15) is 74.7 Å². The number of carbonyl (C=O) groups excluding carboxylic acids is 4. The van der Waals surface area contributed by atoms with Crippen LogP contribution in [0.2, 0.25) is 0 Å². The molecule has 0 amide bonds. The van der Waals surface area contributed by atoms with Crippen molar-refractivity contribution in [3.8, 4) is 0 Å². The van der Waals surface area contributed by atoms with Crippen LogP contribution in [0.3, 0.4) is 0 Å². The van der Waals surface area contributed by atoms with Gasteiger partial charge in [-0.2, -0.15) is 0 Å². The lowest BCUT2D eigenvalue weighted by atomic mass is 9.33. The molecule has 0 aromatic rings. The minimum atomic E-state index is -1.79. The summed E-state index contributed by atoms with van der Waals surface area (Å²) >= 11 is 0. The molecule has 0 spiro atoms. The zero-order chi connectivity index (χ0) is 29.6. The maximum atomic E-state index is 14.3. The Bertz CT molecular complexity index is 1280. The van der Waals surface area contributed by atoms with Crippen molar-refractivity contribution in [3.63, 3.8) is 0 Å². The lowest BCUT2D eigenvalue weighted by Gasteiger charge is -2.67. The van der Waals surface area contributed by atoms with E-state index in [2.05, 4.69) is 0 Å². The Morgan fingerprint density at radius 1 is 1.05 bits per heavy atom.